The fourth-order valence-electron chi connectivity index (χ4n) is 3.98. The van der Waals surface area contributed by atoms with Gasteiger partial charge in [-0.2, -0.15) is 0 Å². The molecule has 7 rings (SSSR count). The minimum Gasteiger partial charge on any atom is -0.456 e. The molecule has 0 unspecified atom stereocenters. The summed E-state index contributed by atoms with van der Waals surface area (Å²) in [5.41, 5.74) is -2.96. The van der Waals surface area contributed by atoms with E-state index in [-0.39, 0.29) is 10.8 Å². The van der Waals surface area contributed by atoms with Gasteiger partial charge in [-0.15, -0.1) is 0 Å². The smallest absolute Gasteiger partial charge is 0.135 e. The third kappa shape index (κ3) is 2.73. The van der Waals surface area contributed by atoms with Crippen LogP contribution in [0, 0.1) is 0 Å². The Morgan fingerprint density at radius 2 is 1.00 bits per heavy atom. The Balaban J connectivity index is 1.89. The summed E-state index contributed by atoms with van der Waals surface area (Å²) in [6.45, 7) is 0. The maximum Gasteiger partial charge on any atom is 0.135 e. The molecular formula is C32H20O. The topological polar surface area (TPSA) is 13.1 Å². The molecule has 0 saturated carbocycles. The Morgan fingerprint density at radius 3 is 1.79 bits per heavy atom. The fraction of sp³-hybridized carbons (Fsp3) is 0. The third-order valence-electron chi connectivity index (χ3n) is 5.31. The molecule has 0 bridgehead atoms. The van der Waals surface area contributed by atoms with E-state index in [1.54, 1.807) is 0 Å². The van der Waals surface area contributed by atoms with Crippen LogP contribution in [0.3, 0.4) is 0 Å². The third-order valence-corrected chi connectivity index (χ3v) is 5.31. The Hall–Kier alpha value is -4.36. The van der Waals surface area contributed by atoms with Gasteiger partial charge in [0.1, 0.15) is 11.2 Å². The molecule has 0 atom stereocenters. The van der Waals surface area contributed by atoms with Crippen molar-refractivity contribution in [1.29, 1.82) is 0 Å². The molecule has 7 aromatic rings. The predicted molar refractivity (Wildman–Crippen MR) is 140 cm³/mol. The van der Waals surface area contributed by atoms with E-state index in [9.17, 15) is 1.37 Å². The molecule has 1 aromatic heterocycles. The summed E-state index contributed by atoms with van der Waals surface area (Å²) in [5, 5.41) is -2.56. The van der Waals surface area contributed by atoms with Crippen molar-refractivity contribution in [3.63, 3.8) is 0 Å². The average molecular weight is 440 g/mol. The van der Waals surface area contributed by atoms with E-state index in [0.29, 0.717) is 0 Å². The quantitative estimate of drug-likeness (QED) is 0.245. The van der Waals surface area contributed by atoms with Crippen LogP contribution >= 0.6 is 0 Å². The normalized spacial score (nSPS) is 19.7. The van der Waals surface area contributed by atoms with Gasteiger partial charge >= 0.3 is 0 Å². The van der Waals surface area contributed by atoms with Gasteiger partial charge in [0, 0.05) is 10.8 Å². The maximum atomic E-state index is 9.43. The molecule has 0 saturated heterocycles. The molecule has 33 heavy (non-hydrogen) atoms. The van der Waals surface area contributed by atoms with Crippen LogP contribution in [0.25, 0.3) is 65.7 Å². The first kappa shape index (κ1) is 7.60. The second kappa shape index (κ2) is 7.08. The van der Waals surface area contributed by atoms with Gasteiger partial charge in [0.15, 0.2) is 0 Å². The summed E-state index contributed by atoms with van der Waals surface area (Å²) in [6, 6.07) is -13.0. The molecule has 1 heterocycles. The van der Waals surface area contributed by atoms with Gasteiger partial charge in [-0.1, -0.05) is 103 Å². The molecule has 1 heteroatoms. The van der Waals surface area contributed by atoms with E-state index in [2.05, 4.69) is 0 Å². The Kier molecular flexibility index (Phi) is 1.63. The molecule has 1 nitrogen and oxygen atoms in total. The summed E-state index contributed by atoms with van der Waals surface area (Å²) < 4.78 is 171. The molecule has 0 aliphatic heterocycles. The number of hydrogen-bond donors (Lipinski definition) is 0. The van der Waals surface area contributed by atoms with Crippen LogP contribution in [0.1, 0.15) is 26.0 Å². The van der Waals surface area contributed by atoms with Crippen LogP contribution in [-0.2, 0) is 0 Å². The molecule has 6 aromatic carbocycles. The van der Waals surface area contributed by atoms with E-state index in [1.807, 2.05) is 0 Å². The predicted octanol–water partition coefficient (Wildman–Crippen LogP) is 9.23. The number of hydrogen-bond acceptors (Lipinski definition) is 1. The molecule has 0 amide bonds. The molecule has 0 fully saturated rings. The van der Waals surface area contributed by atoms with Gasteiger partial charge in [0.05, 0.1) is 26.0 Å². The lowest BCUT2D eigenvalue weighted by atomic mass is 9.86. The SMILES string of the molecule is [2H]c1cc([2H])c2c(-c3c([2H])c([2H])c([2H])c([2H])c3[2H])c3c([2H])c([2H])c([2H])c([2H])c3c(-c3c([2H])c([2H])c4oc5c([2H])c([2H])c([2H])c([2H])c5c4c3[2H])c2c1[2H]. The van der Waals surface area contributed by atoms with Crippen molar-refractivity contribution in [3.8, 4) is 22.3 Å². The zero-order chi connectivity index (χ0) is 38.3. The van der Waals surface area contributed by atoms with Gasteiger partial charge in [0.25, 0.3) is 0 Å². The minimum absolute atomic E-state index is 0.319. The van der Waals surface area contributed by atoms with Crippen LogP contribution in [0.2, 0.25) is 0 Å². The summed E-state index contributed by atoms with van der Waals surface area (Å²) in [7, 11) is 0. The van der Waals surface area contributed by atoms with E-state index in [0.717, 1.165) is 6.07 Å². The van der Waals surface area contributed by atoms with Gasteiger partial charge in [-0.05, 0) is 61.9 Å². The Bertz CT molecular complexity index is 2810. The van der Waals surface area contributed by atoms with Crippen molar-refractivity contribution in [2.45, 2.75) is 0 Å². The number of rotatable bonds is 2. The fourth-order valence-corrected chi connectivity index (χ4v) is 3.98. The lowest BCUT2D eigenvalue weighted by Crippen LogP contribution is -1.90. The minimum atomic E-state index is -0.835. The van der Waals surface area contributed by atoms with Crippen LogP contribution in [-0.4, -0.2) is 0 Å². The highest BCUT2D eigenvalue weighted by Gasteiger charge is 2.17. The standard InChI is InChI=1S/C32H20O/c1-2-10-21(11-3-1)31-24-13-4-6-15-26(24)32(27-16-7-5-14-25(27)31)22-18-19-30-28(20-22)23-12-8-9-17-29(23)33-30/h1-20H/i1D,2D,3D,4D,6D,7D,8D,9D,10D,11D,12D,13D,14D,15D,16D,17D,18D,19D,20D. The summed E-state index contributed by atoms with van der Waals surface area (Å²) in [4.78, 5) is 0. The van der Waals surface area contributed by atoms with Crippen molar-refractivity contribution >= 4 is 43.5 Å². The summed E-state index contributed by atoms with van der Waals surface area (Å²) in [6.07, 6.45) is 0. The number of fused-ring (bicyclic) bond motifs is 5. The van der Waals surface area contributed by atoms with E-state index in [4.69, 9.17) is 29.1 Å². The monoisotopic (exact) mass is 439 g/mol. The van der Waals surface area contributed by atoms with E-state index in [1.165, 1.54) is 0 Å². The molecule has 0 radical (unpaired) electrons. The first-order valence-corrected chi connectivity index (χ1v) is 9.74. The van der Waals surface area contributed by atoms with Crippen molar-refractivity contribution in [3.05, 3.63) is 121 Å². The molecule has 0 spiro atoms. The van der Waals surface area contributed by atoms with Crippen molar-refractivity contribution in [1.82, 2.24) is 0 Å². The van der Waals surface area contributed by atoms with Gasteiger partial charge in [-0.3, -0.25) is 0 Å². The summed E-state index contributed by atoms with van der Waals surface area (Å²) >= 11 is 0. The first-order chi connectivity index (χ1) is 24.3. The van der Waals surface area contributed by atoms with E-state index < -0.39 is 170 Å². The van der Waals surface area contributed by atoms with Gasteiger partial charge < -0.3 is 4.42 Å². The first-order valence-electron chi connectivity index (χ1n) is 19.2. The van der Waals surface area contributed by atoms with Crippen LogP contribution in [0.4, 0.5) is 0 Å². The Labute approximate surface area is 218 Å². The largest absolute Gasteiger partial charge is 0.456 e. The zero-order valence-electron chi connectivity index (χ0n) is 35.5. The van der Waals surface area contributed by atoms with Crippen molar-refractivity contribution in [2.24, 2.45) is 0 Å². The molecule has 154 valence electrons. The molecule has 0 aliphatic rings. The van der Waals surface area contributed by atoms with Crippen molar-refractivity contribution < 1.29 is 30.5 Å². The van der Waals surface area contributed by atoms with Crippen LogP contribution in [0.5, 0.6) is 0 Å². The Morgan fingerprint density at radius 1 is 0.424 bits per heavy atom. The van der Waals surface area contributed by atoms with E-state index >= 15 is 0 Å². The second-order valence-corrected chi connectivity index (χ2v) is 7.07. The van der Waals surface area contributed by atoms with Gasteiger partial charge in [-0.25, -0.2) is 0 Å². The number of furan rings is 1. The van der Waals surface area contributed by atoms with Crippen LogP contribution < -0.4 is 0 Å². The lowest BCUT2D eigenvalue weighted by molar-refractivity contribution is 0.669. The zero-order valence-corrected chi connectivity index (χ0v) is 16.5. The summed E-state index contributed by atoms with van der Waals surface area (Å²) in [5.74, 6) is 0. The van der Waals surface area contributed by atoms with Crippen LogP contribution in [0.15, 0.2) is 125 Å². The highest BCUT2D eigenvalue weighted by atomic mass is 16.3. The number of para-hydroxylation sites is 1. The lowest BCUT2D eigenvalue weighted by Gasteiger charge is -2.17. The highest BCUT2D eigenvalue weighted by Crippen LogP contribution is 2.44. The highest BCUT2D eigenvalue weighted by molar-refractivity contribution is 6.22. The molecular weight excluding hydrogens is 400 g/mol. The molecule has 0 N–H and O–H groups in total. The van der Waals surface area contributed by atoms with Crippen molar-refractivity contribution in [2.75, 3.05) is 0 Å². The average Bonchev–Trinajstić information content (AvgIpc) is 3.52. The molecule has 0 aliphatic carbocycles. The van der Waals surface area contributed by atoms with Gasteiger partial charge in [0.2, 0.25) is 0 Å². The maximum absolute atomic E-state index is 9.43. The number of benzene rings is 6. The second-order valence-electron chi connectivity index (χ2n) is 7.07.